The van der Waals surface area contributed by atoms with Crippen LogP contribution in [0.5, 0.6) is 0 Å². The average Bonchev–Trinajstić information content (AvgIpc) is 3.34. The van der Waals surface area contributed by atoms with Crippen LogP contribution in [0.1, 0.15) is 27.7 Å². The Hall–Kier alpha value is -3.86. The Kier molecular flexibility index (Phi) is 8.82. The van der Waals surface area contributed by atoms with Gasteiger partial charge in [-0.2, -0.15) is 0 Å². The molecule has 6 rings (SSSR count). The molecule has 4 aromatic carbocycles. The summed E-state index contributed by atoms with van der Waals surface area (Å²) in [6.45, 7) is 7.32. The summed E-state index contributed by atoms with van der Waals surface area (Å²) >= 11 is 0. The molecule has 205 valence electrons. The van der Waals surface area contributed by atoms with E-state index in [0.717, 1.165) is 43.7 Å². The number of aliphatic hydroxyl groups is 1. The smallest absolute Gasteiger partial charge is 0.161 e. The Bertz CT molecular complexity index is 1860. The molecule has 0 fully saturated rings. The zero-order valence-electron chi connectivity index (χ0n) is 22.7. The standard InChI is InChI=1S/C25H13FNO.C9H16O2.Ir/c26-17-12-10-15-11-13-19-22-18-8-4-5-9-21(18)27-23(16-6-2-1-3-7-16)25(22)28-24(19)20(15)14-17;1-6(2)8(10)5-9(11)7(3)4;/h1-6,8-14H;5-7,10H,1-4H3;/q-1;;/b;8-5-;. The molecule has 6 heteroatoms. The van der Waals surface area contributed by atoms with Crippen LogP contribution in [0.2, 0.25) is 0 Å². The molecule has 0 saturated carbocycles. The van der Waals surface area contributed by atoms with Crippen molar-refractivity contribution in [1.29, 1.82) is 0 Å². The number of benzene rings is 4. The van der Waals surface area contributed by atoms with Gasteiger partial charge in [0.15, 0.2) is 5.78 Å². The summed E-state index contributed by atoms with van der Waals surface area (Å²) in [7, 11) is 0. The van der Waals surface area contributed by atoms with Crippen molar-refractivity contribution in [3.8, 4) is 11.3 Å². The molecule has 0 aliphatic carbocycles. The van der Waals surface area contributed by atoms with Crippen LogP contribution in [0.3, 0.4) is 0 Å². The number of ketones is 1. The molecule has 0 spiro atoms. The van der Waals surface area contributed by atoms with Crippen LogP contribution in [0.25, 0.3) is 54.9 Å². The number of carbonyl (C=O) groups excluding carboxylic acids is 1. The minimum atomic E-state index is -0.278. The molecule has 0 unspecified atom stereocenters. The number of carbonyl (C=O) groups is 1. The van der Waals surface area contributed by atoms with Gasteiger partial charge in [0.1, 0.15) is 17.0 Å². The second-order valence-corrected chi connectivity index (χ2v) is 10.1. The molecule has 1 N–H and O–H groups in total. The fourth-order valence-electron chi connectivity index (χ4n) is 4.44. The second-order valence-electron chi connectivity index (χ2n) is 10.1. The Morgan fingerprint density at radius 2 is 1.62 bits per heavy atom. The molecule has 0 atom stereocenters. The normalized spacial score (nSPS) is 11.7. The molecule has 2 heterocycles. The van der Waals surface area contributed by atoms with E-state index in [1.807, 2.05) is 88.4 Å². The monoisotopic (exact) mass is 711 g/mol. The van der Waals surface area contributed by atoms with Gasteiger partial charge >= 0.3 is 0 Å². The van der Waals surface area contributed by atoms with Crippen LogP contribution in [-0.4, -0.2) is 15.9 Å². The topological polar surface area (TPSA) is 63.3 Å². The van der Waals surface area contributed by atoms with Crippen molar-refractivity contribution < 1.29 is 38.8 Å². The average molecular weight is 711 g/mol. The fraction of sp³-hybridized carbons (Fsp3) is 0.176. The van der Waals surface area contributed by atoms with E-state index >= 15 is 0 Å². The summed E-state index contributed by atoms with van der Waals surface area (Å²) in [6, 6.07) is 27.8. The summed E-state index contributed by atoms with van der Waals surface area (Å²) in [5.74, 6) is -0.117. The Labute approximate surface area is 245 Å². The largest absolute Gasteiger partial charge is 0.512 e. The van der Waals surface area contributed by atoms with Gasteiger partial charge in [0.05, 0.1) is 11.3 Å². The third-order valence-corrected chi connectivity index (χ3v) is 6.67. The summed E-state index contributed by atoms with van der Waals surface area (Å²) in [5.41, 5.74) is 3.89. The summed E-state index contributed by atoms with van der Waals surface area (Å²) in [4.78, 5) is 15.9. The van der Waals surface area contributed by atoms with Gasteiger partial charge in [-0.3, -0.25) is 9.78 Å². The van der Waals surface area contributed by atoms with E-state index in [9.17, 15) is 14.3 Å². The molecular weight excluding hydrogens is 682 g/mol. The van der Waals surface area contributed by atoms with Crippen LogP contribution in [0, 0.1) is 23.7 Å². The molecule has 0 aliphatic rings. The molecular formula is C34H29FIrNO3-. The van der Waals surface area contributed by atoms with Gasteiger partial charge in [0.2, 0.25) is 0 Å². The Morgan fingerprint density at radius 1 is 0.900 bits per heavy atom. The van der Waals surface area contributed by atoms with Crippen LogP contribution in [-0.2, 0) is 24.9 Å². The number of para-hydroxylation sites is 1. The maximum atomic E-state index is 14.0. The van der Waals surface area contributed by atoms with Gasteiger partial charge in [0.25, 0.3) is 0 Å². The van der Waals surface area contributed by atoms with Gasteiger partial charge < -0.3 is 9.52 Å². The van der Waals surface area contributed by atoms with Gasteiger partial charge in [-0.25, -0.2) is 4.39 Å². The van der Waals surface area contributed by atoms with Crippen molar-refractivity contribution in [2.75, 3.05) is 0 Å². The maximum absolute atomic E-state index is 14.0. The predicted octanol–water partition coefficient (Wildman–Crippen LogP) is 9.20. The molecule has 0 aliphatic heterocycles. The first-order valence-corrected chi connectivity index (χ1v) is 13.0. The molecule has 1 radical (unpaired) electrons. The number of pyridine rings is 1. The van der Waals surface area contributed by atoms with Gasteiger partial charge in [-0.15, -0.1) is 35.9 Å². The Morgan fingerprint density at radius 3 is 2.33 bits per heavy atom. The number of furan rings is 1. The van der Waals surface area contributed by atoms with Crippen molar-refractivity contribution in [3.05, 3.63) is 103 Å². The van der Waals surface area contributed by atoms with Crippen molar-refractivity contribution in [2.24, 2.45) is 11.8 Å². The third-order valence-electron chi connectivity index (χ3n) is 6.67. The molecule has 40 heavy (non-hydrogen) atoms. The van der Waals surface area contributed by atoms with E-state index in [0.29, 0.717) is 11.2 Å². The first-order valence-electron chi connectivity index (χ1n) is 13.0. The molecule has 4 nitrogen and oxygen atoms in total. The van der Waals surface area contributed by atoms with Crippen molar-refractivity contribution >= 4 is 49.4 Å². The van der Waals surface area contributed by atoms with E-state index in [-0.39, 0.29) is 49.3 Å². The number of hydrogen-bond donors (Lipinski definition) is 1. The minimum absolute atomic E-state index is 0. The summed E-state index contributed by atoms with van der Waals surface area (Å²) in [6.07, 6.45) is 1.31. The van der Waals surface area contributed by atoms with Crippen LogP contribution >= 0.6 is 0 Å². The summed E-state index contributed by atoms with van der Waals surface area (Å²) < 4.78 is 20.3. The number of halogens is 1. The SMILES string of the molecule is CC(C)C(=O)/C=C(\O)C(C)C.Fc1ccc2ccc3c(oc4c(-c5[c-]cccc5)nc5ccccc5c43)c2c1.[Ir]. The van der Waals surface area contributed by atoms with Crippen LogP contribution in [0.4, 0.5) is 4.39 Å². The Balaban J connectivity index is 0.000000266. The van der Waals surface area contributed by atoms with Gasteiger partial charge in [0, 0.05) is 65.3 Å². The molecule has 0 amide bonds. The first-order chi connectivity index (χ1) is 18.7. The van der Waals surface area contributed by atoms with Crippen molar-refractivity contribution in [2.45, 2.75) is 27.7 Å². The zero-order chi connectivity index (χ0) is 27.7. The number of allylic oxidation sites excluding steroid dienone is 2. The molecule has 0 saturated heterocycles. The van der Waals surface area contributed by atoms with E-state index in [1.165, 1.54) is 18.2 Å². The number of rotatable bonds is 4. The third kappa shape index (κ3) is 5.69. The van der Waals surface area contributed by atoms with Crippen molar-refractivity contribution in [3.63, 3.8) is 0 Å². The fourth-order valence-corrected chi connectivity index (χ4v) is 4.44. The van der Waals surface area contributed by atoms with Crippen LogP contribution in [0.15, 0.2) is 95.1 Å². The van der Waals surface area contributed by atoms with Crippen molar-refractivity contribution in [1.82, 2.24) is 4.98 Å². The molecule has 0 bridgehead atoms. The number of nitrogens with zero attached hydrogens (tertiary/aromatic N) is 1. The van der Waals surface area contributed by atoms with E-state index in [2.05, 4.69) is 6.07 Å². The van der Waals surface area contributed by atoms with Gasteiger partial charge in [-0.1, -0.05) is 58.0 Å². The number of aromatic nitrogens is 1. The number of fused-ring (bicyclic) bond motifs is 7. The molecule has 2 aromatic heterocycles. The minimum Gasteiger partial charge on any atom is -0.512 e. The quantitative estimate of drug-likeness (QED) is 0.113. The zero-order valence-corrected chi connectivity index (χ0v) is 25.1. The maximum Gasteiger partial charge on any atom is 0.161 e. The summed E-state index contributed by atoms with van der Waals surface area (Å²) in [5, 5.41) is 13.9. The number of hydrogen-bond acceptors (Lipinski definition) is 4. The van der Waals surface area contributed by atoms with E-state index < -0.39 is 0 Å². The van der Waals surface area contributed by atoms with Gasteiger partial charge in [-0.05, 0) is 29.7 Å². The predicted molar refractivity (Wildman–Crippen MR) is 156 cm³/mol. The second kappa shape index (κ2) is 12.1. The molecule has 6 aromatic rings. The first kappa shape index (κ1) is 29.1. The van der Waals surface area contributed by atoms with E-state index in [1.54, 1.807) is 6.07 Å². The van der Waals surface area contributed by atoms with Crippen LogP contribution < -0.4 is 0 Å². The van der Waals surface area contributed by atoms with E-state index in [4.69, 9.17) is 9.40 Å². The number of aliphatic hydroxyl groups excluding tert-OH is 1.